The lowest BCUT2D eigenvalue weighted by Crippen LogP contribution is -2.30. The molecule has 1 rings (SSSR count). The van der Waals surface area contributed by atoms with E-state index in [1.54, 1.807) is 0 Å². The molecule has 21 heavy (non-hydrogen) atoms. The number of carbonyl (C=O) groups excluding carboxylic acids is 1. The minimum absolute atomic E-state index is 0.0282. The number of alkyl halides is 3. The van der Waals surface area contributed by atoms with Gasteiger partial charge in [0.2, 0.25) is 0 Å². The Kier molecular flexibility index (Phi) is 5.59. The molecule has 1 N–H and O–H groups in total. The van der Waals surface area contributed by atoms with Crippen LogP contribution < -0.4 is 10.9 Å². The van der Waals surface area contributed by atoms with Crippen molar-refractivity contribution < 1.29 is 22.7 Å². The zero-order chi connectivity index (χ0) is 16.2. The van der Waals surface area contributed by atoms with Crippen molar-refractivity contribution in [3.05, 3.63) is 21.6 Å². The lowest BCUT2D eigenvalue weighted by molar-refractivity contribution is -0.141. The first-order valence-corrected chi connectivity index (χ1v) is 6.17. The fourth-order valence-electron chi connectivity index (χ4n) is 1.53. The molecular weight excluding hydrogens is 315 g/mol. The van der Waals surface area contributed by atoms with Gasteiger partial charge >= 0.3 is 12.1 Å². The van der Waals surface area contributed by atoms with Crippen molar-refractivity contribution in [3.63, 3.8) is 0 Å². The molecule has 1 aromatic heterocycles. The first kappa shape index (κ1) is 17.3. The summed E-state index contributed by atoms with van der Waals surface area (Å²) in [6.07, 6.45) is -4.35. The van der Waals surface area contributed by atoms with Gasteiger partial charge in [-0.1, -0.05) is 11.6 Å². The number of hydrogen-bond acceptors (Lipinski definition) is 5. The van der Waals surface area contributed by atoms with E-state index in [-0.39, 0.29) is 10.7 Å². The highest BCUT2D eigenvalue weighted by molar-refractivity contribution is 6.32. The highest BCUT2D eigenvalue weighted by Crippen LogP contribution is 2.24. The summed E-state index contributed by atoms with van der Waals surface area (Å²) in [6.45, 7) is 0.858. The van der Waals surface area contributed by atoms with E-state index in [0.717, 1.165) is 18.0 Å². The fourth-order valence-corrected chi connectivity index (χ4v) is 1.73. The molecule has 0 amide bonds. The van der Waals surface area contributed by atoms with Gasteiger partial charge in [0.1, 0.15) is 11.6 Å². The molecule has 0 spiro atoms. The second kappa shape index (κ2) is 6.79. The third kappa shape index (κ3) is 5.25. The van der Waals surface area contributed by atoms with Crippen LogP contribution in [0.2, 0.25) is 5.02 Å². The van der Waals surface area contributed by atoms with Crippen LogP contribution in [0, 0.1) is 0 Å². The van der Waals surface area contributed by atoms with Gasteiger partial charge in [-0.25, -0.2) is 4.68 Å². The lowest BCUT2D eigenvalue weighted by Gasteiger charge is -2.17. The Balaban J connectivity index is 2.89. The van der Waals surface area contributed by atoms with Gasteiger partial charge in [0.05, 0.1) is 25.4 Å². The molecule has 1 aromatic rings. The van der Waals surface area contributed by atoms with Crippen LogP contribution in [0.4, 0.5) is 18.9 Å². The Labute approximate surface area is 122 Å². The van der Waals surface area contributed by atoms with E-state index in [9.17, 15) is 22.8 Å². The second-order valence-electron chi connectivity index (χ2n) is 4.28. The largest absolute Gasteiger partial charge is 0.468 e. The van der Waals surface area contributed by atoms with Gasteiger partial charge in [0.15, 0.2) is 0 Å². The summed E-state index contributed by atoms with van der Waals surface area (Å²) in [5.41, 5.74) is -0.828. The van der Waals surface area contributed by atoms with Crippen molar-refractivity contribution in [1.82, 2.24) is 9.78 Å². The number of halogens is 4. The highest BCUT2D eigenvalue weighted by Gasteiger charge is 2.30. The predicted octanol–water partition coefficient (Wildman–Crippen LogP) is 1.82. The quantitative estimate of drug-likeness (QED) is 0.835. The molecule has 0 aliphatic carbocycles. The Morgan fingerprint density at radius 3 is 2.71 bits per heavy atom. The molecule has 1 atom stereocenters. The van der Waals surface area contributed by atoms with E-state index >= 15 is 0 Å². The molecule has 1 heterocycles. The zero-order valence-electron chi connectivity index (χ0n) is 11.2. The summed E-state index contributed by atoms with van der Waals surface area (Å²) in [4.78, 5) is 22.9. The van der Waals surface area contributed by atoms with Crippen molar-refractivity contribution >= 4 is 23.3 Å². The van der Waals surface area contributed by atoms with E-state index in [2.05, 4.69) is 15.2 Å². The minimum atomic E-state index is -4.34. The SMILES string of the molecule is COC(=O)Cn1ncc(NC(C)CC(F)(F)F)c(Cl)c1=O. The standard InChI is InChI=1S/C11H13ClF3N3O3/c1-6(3-11(13,14)15)17-7-4-16-18(5-8(19)21-2)10(20)9(7)12/h4,6,17H,3,5H2,1-2H3. The zero-order valence-corrected chi connectivity index (χ0v) is 12.0. The van der Waals surface area contributed by atoms with Crippen LogP contribution >= 0.6 is 11.6 Å². The monoisotopic (exact) mass is 327 g/mol. The number of hydrogen-bond donors (Lipinski definition) is 1. The maximum Gasteiger partial charge on any atom is 0.391 e. The van der Waals surface area contributed by atoms with Crippen molar-refractivity contribution in [1.29, 1.82) is 0 Å². The normalized spacial score (nSPS) is 12.9. The maximum atomic E-state index is 12.2. The number of rotatable bonds is 5. The fraction of sp³-hybridized carbons (Fsp3) is 0.545. The number of methoxy groups -OCH3 is 1. The van der Waals surface area contributed by atoms with Crippen LogP contribution in [0.5, 0.6) is 0 Å². The molecule has 0 fully saturated rings. The molecule has 1 unspecified atom stereocenters. The van der Waals surface area contributed by atoms with E-state index in [1.165, 1.54) is 6.92 Å². The first-order valence-electron chi connectivity index (χ1n) is 5.79. The van der Waals surface area contributed by atoms with Gasteiger partial charge < -0.3 is 10.1 Å². The lowest BCUT2D eigenvalue weighted by atomic mass is 10.2. The van der Waals surface area contributed by atoms with E-state index < -0.39 is 36.7 Å². The van der Waals surface area contributed by atoms with Crippen LogP contribution in [0.25, 0.3) is 0 Å². The van der Waals surface area contributed by atoms with Crippen LogP contribution in [-0.2, 0) is 16.1 Å². The molecule has 10 heteroatoms. The summed E-state index contributed by atoms with van der Waals surface area (Å²) < 4.78 is 41.8. The summed E-state index contributed by atoms with van der Waals surface area (Å²) in [7, 11) is 1.14. The van der Waals surface area contributed by atoms with Crippen LogP contribution in [-0.4, -0.2) is 35.1 Å². The summed E-state index contributed by atoms with van der Waals surface area (Å²) in [5, 5.41) is 5.77. The molecule has 118 valence electrons. The van der Waals surface area contributed by atoms with Crippen molar-refractivity contribution in [2.45, 2.75) is 32.1 Å². The van der Waals surface area contributed by atoms with Crippen molar-refractivity contribution in [2.24, 2.45) is 0 Å². The molecule has 0 bridgehead atoms. The number of anilines is 1. The van der Waals surface area contributed by atoms with E-state index in [0.29, 0.717) is 0 Å². The molecule has 0 radical (unpaired) electrons. The Hall–Kier alpha value is -1.77. The smallest absolute Gasteiger partial charge is 0.391 e. The van der Waals surface area contributed by atoms with Crippen molar-refractivity contribution in [2.75, 3.05) is 12.4 Å². The van der Waals surface area contributed by atoms with E-state index in [1.807, 2.05) is 0 Å². The third-order valence-electron chi connectivity index (χ3n) is 2.43. The van der Waals surface area contributed by atoms with Crippen LogP contribution in [0.1, 0.15) is 13.3 Å². The third-order valence-corrected chi connectivity index (χ3v) is 2.80. The molecule has 0 aliphatic rings. The summed E-state index contributed by atoms with van der Waals surface area (Å²) in [5.74, 6) is -0.702. The van der Waals surface area contributed by atoms with Gasteiger partial charge in [-0.2, -0.15) is 18.3 Å². The Morgan fingerprint density at radius 2 is 2.19 bits per heavy atom. The Bertz CT molecular complexity index is 574. The summed E-state index contributed by atoms with van der Waals surface area (Å²) >= 11 is 5.77. The molecule has 0 aromatic carbocycles. The number of nitrogens with zero attached hydrogens (tertiary/aromatic N) is 2. The molecule has 0 saturated heterocycles. The van der Waals surface area contributed by atoms with Crippen LogP contribution in [0.3, 0.4) is 0 Å². The van der Waals surface area contributed by atoms with Crippen molar-refractivity contribution in [3.8, 4) is 0 Å². The topological polar surface area (TPSA) is 73.2 Å². The second-order valence-corrected chi connectivity index (χ2v) is 4.65. The molecular formula is C11H13ClF3N3O3. The molecule has 0 saturated carbocycles. The van der Waals surface area contributed by atoms with Crippen LogP contribution in [0.15, 0.2) is 11.0 Å². The van der Waals surface area contributed by atoms with Gasteiger partial charge in [0.25, 0.3) is 5.56 Å². The average molecular weight is 328 g/mol. The van der Waals surface area contributed by atoms with E-state index in [4.69, 9.17) is 11.6 Å². The van der Waals surface area contributed by atoms with Gasteiger partial charge in [-0.05, 0) is 6.92 Å². The predicted molar refractivity (Wildman–Crippen MR) is 69.3 cm³/mol. The Morgan fingerprint density at radius 1 is 1.57 bits per heavy atom. The highest BCUT2D eigenvalue weighted by atomic mass is 35.5. The summed E-state index contributed by atoms with van der Waals surface area (Å²) in [6, 6.07) is -0.986. The molecule has 6 nitrogen and oxygen atoms in total. The molecule has 0 aliphatic heterocycles. The van der Waals surface area contributed by atoms with Gasteiger partial charge in [-0.3, -0.25) is 9.59 Å². The number of nitrogens with one attached hydrogen (secondary N) is 1. The number of aromatic nitrogens is 2. The number of carbonyl (C=O) groups is 1. The van der Waals surface area contributed by atoms with Gasteiger partial charge in [0, 0.05) is 6.04 Å². The van der Waals surface area contributed by atoms with Gasteiger partial charge in [-0.15, -0.1) is 0 Å². The first-order chi connectivity index (χ1) is 9.64. The average Bonchev–Trinajstić information content (AvgIpc) is 2.36. The minimum Gasteiger partial charge on any atom is -0.468 e. The maximum absolute atomic E-state index is 12.2. The number of esters is 1. The number of ether oxygens (including phenoxy) is 1.